The van der Waals surface area contributed by atoms with Gasteiger partial charge < -0.3 is 29.6 Å². The number of benzene rings is 3. The van der Waals surface area contributed by atoms with E-state index >= 15 is 0 Å². The molecule has 0 spiro atoms. The lowest BCUT2D eigenvalue weighted by molar-refractivity contribution is -0.133. The number of nitrogens with zero attached hydrogens (tertiary/aromatic N) is 6. The Morgan fingerprint density at radius 1 is 0.646 bits per heavy atom. The predicted octanol–water partition coefficient (Wildman–Crippen LogP) is 6.00. The highest BCUT2D eigenvalue weighted by molar-refractivity contribution is 5.85. The molecular formula is C38H46N8O2. The largest absolute Gasteiger partial charge is 0.340 e. The first-order chi connectivity index (χ1) is 23.2. The maximum absolute atomic E-state index is 12.9. The van der Waals surface area contributed by atoms with Gasteiger partial charge in [0.15, 0.2) is 0 Å². The number of nitrogens with one attached hydrogen (secondary N) is 2. The monoisotopic (exact) mass is 646 g/mol. The number of carbonyl (C=O) groups is 2. The minimum atomic E-state index is 0.00533. The fourth-order valence-corrected chi connectivity index (χ4v) is 7.21. The van der Waals surface area contributed by atoms with E-state index < -0.39 is 0 Å². The number of hydrogen-bond acceptors (Lipinski definition) is 6. The first-order valence-corrected chi connectivity index (χ1v) is 17.2. The van der Waals surface area contributed by atoms with E-state index in [1.54, 1.807) is 0 Å². The number of aromatic nitrogens is 4. The van der Waals surface area contributed by atoms with Crippen LogP contribution in [0.25, 0.3) is 44.3 Å². The number of aromatic amines is 2. The minimum absolute atomic E-state index is 0.00533. The van der Waals surface area contributed by atoms with E-state index in [2.05, 4.69) is 80.4 Å². The van der Waals surface area contributed by atoms with Crippen molar-refractivity contribution in [2.24, 2.45) is 0 Å². The molecule has 3 aromatic carbocycles. The van der Waals surface area contributed by atoms with Gasteiger partial charge in [-0.2, -0.15) is 0 Å². The normalized spacial score (nSPS) is 18.3. The molecule has 10 heteroatoms. The lowest BCUT2D eigenvalue weighted by atomic mass is 10.00. The number of carbonyl (C=O) groups excluding carboxylic acids is 2. The quantitative estimate of drug-likeness (QED) is 0.193. The van der Waals surface area contributed by atoms with Crippen LogP contribution in [0, 0.1) is 0 Å². The van der Waals surface area contributed by atoms with Crippen LogP contribution in [0.3, 0.4) is 0 Å². The maximum Gasteiger partial charge on any atom is 0.224 e. The van der Waals surface area contributed by atoms with Gasteiger partial charge in [0.25, 0.3) is 0 Å². The van der Waals surface area contributed by atoms with E-state index in [0.29, 0.717) is 12.8 Å². The van der Waals surface area contributed by atoms with Crippen molar-refractivity contribution in [3.63, 3.8) is 0 Å². The molecule has 2 atom stereocenters. The molecule has 0 aliphatic carbocycles. The van der Waals surface area contributed by atoms with Crippen LogP contribution in [0.5, 0.6) is 0 Å². The Bertz CT molecular complexity index is 1790. The number of likely N-dealkylation sites (tertiary alicyclic amines) is 2. The summed E-state index contributed by atoms with van der Waals surface area (Å²) in [6.45, 7) is 3.08. The summed E-state index contributed by atoms with van der Waals surface area (Å²) in [5.74, 6) is 2.15. The molecule has 5 aromatic rings. The highest BCUT2D eigenvalue weighted by atomic mass is 16.2. The van der Waals surface area contributed by atoms with Crippen LogP contribution < -0.4 is 0 Å². The van der Waals surface area contributed by atoms with Crippen LogP contribution in [0.2, 0.25) is 0 Å². The smallest absolute Gasteiger partial charge is 0.224 e. The van der Waals surface area contributed by atoms with Gasteiger partial charge in [-0.3, -0.25) is 9.59 Å². The van der Waals surface area contributed by atoms with E-state index in [1.807, 2.05) is 38.0 Å². The topological polar surface area (TPSA) is 104 Å². The van der Waals surface area contributed by atoms with Gasteiger partial charge in [-0.1, -0.05) is 36.4 Å². The summed E-state index contributed by atoms with van der Waals surface area (Å²) >= 11 is 0. The SMILES string of the molecule is CN(C)CCC(=O)N1CCC[C@H]1c1nc2ccc(-c3ccc(-c4ccc5nc([C@@H]6CCCN6C(=O)CCN(C)C)[nH]c5c4)cc3)cc2[nH]1. The molecule has 10 nitrogen and oxygen atoms in total. The van der Waals surface area contributed by atoms with E-state index in [9.17, 15) is 9.59 Å². The molecule has 7 rings (SSSR count). The summed E-state index contributed by atoms with van der Waals surface area (Å²) in [6.07, 6.45) is 4.92. The molecule has 48 heavy (non-hydrogen) atoms. The number of fused-ring (bicyclic) bond motifs is 2. The standard InChI is InChI=1S/C38H46N8O2/c1-43(2)21-17-35(47)45-19-5-7-33(45)37-39-29-15-13-27(23-31(29)41-37)25-9-11-26(12-10-25)28-14-16-30-32(24-28)42-38(40-30)34-8-6-20-46(34)36(48)18-22-44(3)4/h9-16,23-24,33-34H,5-8,17-22H2,1-4H3,(H,39,41)(H,40,42)/t33-,34-/m0/s1. The van der Waals surface area contributed by atoms with E-state index in [4.69, 9.17) is 9.97 Å². The van der Waals surface area contributed by atoms with Gasteiger partial charge >= 0.3 is 0 Å². The summed E-state index contributed by atoms with van der Waals surface area (Å²) in [5, 5.41) is 0. The highest BCUT2D eigenvalue weighted by Crippen LogP contribution is 2.35. The molecule has 2 saturated heterocycles. The fourth-order valence-electron chi connectivity index (χ4n) is 7.21. The first kappa shape index (κ1) is 32.0. The zero-order valence-corrected chi connectivity index (χ0v) is 28.5. The minimum Gasteiger partial charge on any atom is -0.340 e. The van der Waals surface area contributed by atoms with Crippen molar-refractivity contribution in [3.05, 3.63) is 72.3 Å². The third kappa shape index (κ3) is 6.59. The number of rotatable bonds is 10. The Labute approximate surface area is 282 Å². The Morgan fingerprint density at radius 2 is 1.04 bits per heavy atom. The first-order valence-electron chi connectivity index (χ1n) is 17.2. The average molecular weight is 647 g/mol. The van der Waals surface area contributed by atoms with E-state index in [0.717, 1.165) is 108 Å². The molecule has 2 amide bonds. The molecular weight excluding hydrogens is 600 g/mol. The van der Waals surface area contributed by atoms with E-state index in [1.165, 1.54) is 0 Å². The van der Waals surface area contributed by atoms with Gasteiger partial charge in [0.05, 0.1) is 34.2 Å². The number of amides is 2. The second-order valence-electron chi connectivity index (χ2n) is 13.9. The lowest BCUT2D eigenvalue weighted by Crippen LogP contribution is -2.33. The number of H-pyrrole nitrogens is 2. The van der Waals surface area contributed by atoms with Crippen molar-refractivity contribution < 1.29 is 9.59 Å². The fraction of sp³-hybridized carbons (Fsp3) is 0.421. The van der Waals surface area contributed by atoms with Gasteiger partial charge in [-0.05, 0) is 100 Å². The maximum atomic E-state index is 12.9. The Hall–Kier alpha value is -4.54. The molecule has 4 heterocycles. The average Bonchev–Trinajstić information content (AvgIpc) is 3.90. The van der Waals surface area contributed by atoms with Crippen LogP contribution in [0.1, 0.15) is 62.3 Å². The van der Waals surface area contributed by atoms with Crippen molar-refractivity contribution in [2.45, 2.75) is 50.6 Å². The Kier molecular flexibility index (Phi) is 9.02. The summed E-state index contributed by atoms with van der Waals surface area (Å²) in [4.78, 5) is 50.9. The molecule has 0 radical (unpaired) electrons. The Morgan fingerprint density at radius 3 is 1.44 bits per heavy atom. The second-order valence-corrected chi connectivity index (χ2v) is 13.9. The van der Waals surface area contributed by atoms with Crippen molar-refractivity contribution in [2.75, 3.05) is 54.4 Å². The molecule has 2 aliphatic rings. The van der Waals surface area contributed by atoms with E-state index in [-0.39, 0.29) is 23.9 Å². The highest BCUT2D eigenvalue weighted by Gasteiger charge is 2.33. The third-order valence-electron chi connectivity index (χ3n) is 9.88. The summed E-state index contributed by atoms with van der Waals surface area (Å²) < 4.78 is 0. The molecule has 2 aliphatic heterocycles. The zero-order chi connectivity index (χ0) is 33.4. The van der Waals surface area contributed by atoms with Gasteiger partial charge in [0.1, 0.15) is 11.6 Å². The summed E-state index contributed by atoms with van der Waals surface area (Å²) in [6, 6.07) is 21.3. The van der Waals surface area contributed by atoms with Crippen molar-refractivity contribution in [3.8, 4) is 22.3 Å². The van der Waals surface area contributed by atoms with Crippen LogP contribution in [0.15, 0.2) is 60.7 Å². The molecule has 2 fully saturated rings. The summed E-state index contributed by atoms with van der Waals surface area (Å²) in [7, 11) is 7.99. The lowest BCUT2D eigenvalue weighted by Gasteiger charge is -2.24. The molecule has 250 valence electrons. The predicted molar refractivity (Wildman–Crippen MR) is 190 cm³/mol. The van der Waals surface area contributed by atoms with Gasteiger partial charge in [-0.25, -0.2) is 9.97 Å². The van der Waals surface area contributed by atoms with Crippen molar-refractivity contribution >= 4 is 33.9 Å². The van der Waals surface area contributed by atoms with Crippen molar-refractivity contribution in [1.29, 1.82) is 0 Å². The summed E-state index contributed by atoms with van der Waals surface area (Å²) in [5.41, 5.74) is 8.30. The van der Waals surface area contributed by atoms with Gasteiger partial charge in [0, 0.05) is 39.0 Å². The molecule has 0 unspecified atom stereocenters. The molecule has 2 N–H and O–H groups in total. The number of hydrogen-bond donors (Lipinski definition) is 2. The van der Waals surface area contributed by atoms with Crippen LogP contribution in [-0.2, 0) is 9.59 Å². The second kappa shape index (κ2) is 13.5. The third-order valence-corrected chi connectivity index (χ3v) is 9.88. The Balaban J connectivity index is 1.06. The zero-order valence-electron chi connectivity index (χ0n) is 28.5. The number of imidazole rings is 2. The molecule has 0 saturated carbocycles. The van der Waals surface area contributed by atoms with Gasteiger partial charge in [0.2, 0.25) is 11.8 Å². The van der Waals surface area contributed by atoms with Crippen molar-refractivity contribution in [1.82, 2.24) is 39.5 Å². The molecule has 0 bridgehead atoms. The van der Waals surface area contributed by atoms with Crippen LogP contribution >= 0.6 is 0 Å². The van der Waals surface area contributed by atoms with Crippen LogP contribution in [0.4, 0.5) is 0 Å². The molecule has 2 aromatic heterocycles. The van der Waals surface area contributed by atoms with Gasteiger partial charge in [-0.15, -0.1) is 0 Å². The van der Waals surface area contributed by atoms with Crippen LogP contribution in [-0.4, -0.2) is 106 Å².